The van der Waals surface area contributed by atoms with E-state index >= 15 is 0 Å². The van der Waals surface area contributed by atoms with Crippen molar-refractivity contribution in [2.45, 2.75) is 46.5 Å². The lowest BCUT2D eigenvalue weighted by Gasteiger charge is -2.41. The molecule has 2 rings (SSSR count). The Morgan fingerprint density at radius 3 is 2.40 bits per heavy atom. The summed E-state index contributed by atoms with van der Waals surface area (Å²) < 4.78 is 5.49. The maximum atomic E-state index is 5.89. The fourth-order valence-corrected chi connectivity index (χ4v) is 3.04. The van der Waals surface area contributed by atoms with Crippen molar-refractivity contribution in [3.8, 4) is 5.88 Å². The lowest BCUT2D eigenvalue weighted by atomic mass is 9.74. The Balaban J connectivity index is 2.09. The number of anilines is 2. The standard InChI is InChI=1S/C16H27N3O/c1-4-16(5-2)9-11-19(12-10-16)14-8-7-13(17)15(18-14)20-6-3/h7-8H,4-6,9-12,17H2,1-3H3. The van der Waals surface area contributed by atoms with Crippen molar-refractivity contribution in [3.05, 3.63) is 12.1 Å². The van der Waals surface area contributed by atoms with E-state index in [1.165, 1.54) is 25.7 Å². The third-order valence-electron chi connectivity index (χ3n) is 4.80. The topological polar surface area (TPSA) is 51.4 Å². The average molecular weight is 277 g/mol. The van der Waals surface area contributed by atoms with Gasteiger partial charge in [0.15, 0.2) is 0 Å². The molecule has 1 fully saturated rings. The minimum Gasteiger partial charge on any atom is -0.476 e. The summed E-state index contributed by atoms with van der Waals surface area (Å²) in [7, 11) is 0. The lowest BCUT2D eigenvalue weighted by molar-refractivity contribution is 0.199. The normalized spacial score (nSPS) is 18.1. The summed E-state index contributed by atoms with van der Waals surface area (Å²) in [6.07, 6.45) is 5.04. The average Bonchev–Trinajstić information content (AvgIpc) is 2.50. The number of nitrogen functional groups attached to an aromatic ring is 1. The molecule has 2 heterocycles. The van der Waals surface area contributed by atoms with E-state index in [0.717, 1.165) is 18.9 Å². The summed E-state index contributed by atoms with van der Waals surface area (Å²) in [6, 6.07) is 3.90. The molecule has 4 heteroatoms. The highest BCUT2D eigenvalue weighted by Gasteiger charge is 2.31. The molecule has 0 saturated carbocycles. The zero-order valence-electron chi connectivity index (χ0n) is 13.0. The van der Waals surface area contributed by atoms with E-state index in [-0.39, 0.29) is 0 Å². The van der Waals surface area contributed by atoms with Crippen molar-refractivity contribution in [2.75, 3.05) is 30.3 Å². The van der Waals surface area contributed by atoms with Crippen LogP contribution in [0.2, 0.25) is 0 Å². The highest BCUT2D eigenvalue weighted by molar-refractivity contribution is 5.54. The molecular formula is C16H27N3O. The smallest absolute Gasteiger partial charge is 0.239 e. The van der Waals surface area contributed by atoms with Gasteiger partial charge >= 0.3 is 0 Å². The summed E-state index contributed by atoms with van der Waals surface area (Å²) in [5.41, 5.74) is 7.03. The number of pyridine rings is 1. The Hall–Kier alpha value is -1.45. The van der Waals surface area contributed by atoms with Crippen LogP contribution in [0, 0.1) is 5.41 Å². The zero-order chi connectivity index (χ0) is 14.6. The van der Waals surface area contributed by atoms with Gasteiger partial charge in [-0.2, -0.15) is 4.98 Å². The summed E-state index contributed by atoms with van der Waals surface area (Å²) in [5, 5.41) is 0. The zero-order valence-corrected chi connectivity index (χ0v) is 13.0. The Morgan fingerprint density at radius 1 is 1.20 bits per heavy atom. The van der Waals surface area contributed by atoms with Crippen LogP contribution in [-0.2, 0) is 0 Å². The van der Waals surface area contributed by atoms with E-state index in [1.807, 2.05) is 19.1 Å². The van der Waals surface area contributed by atoms with Gasteiger partial charge in [-0.05, 0) is 37.3 Å². The molecule has 0 bridgehead atoms. The SMILES string of the molecule is CCOc1nc(N2CCC(CC)(CC)CC2)ccc1N. The van der Waals surface area contributed by atoms with Crippen LogP contribution in [-0.4, -0.2) is 24.7 Å². The molecule has 0 spiro atoms. The van der Waals surface area contributed by atoms with Gasteiger partial charge in [0.1, 0.15) is 5.82 Å². The van der Waals surface area contributed by atoms with E-state index < -0.39 is 0 Å². The van der Waals surface area contributed by atoms with E-state index in [4.69, 9.17) is 10.5 Å². The van der Waals surface area contributed by atoms with Gasteiger partial charge in [-0.1, -0.05) is 26.7 Å². The lowest BCUT2D eigenvalue weighted by Crippen LogP contribution is -2.40. The molecule has 0 amide bonds. The summed E-state index contributed by atoms with van der Waals surface area (Å²) >= 11 is 0. The number of hydrogen-bond donors (Lipinski definition) is 1. The minimum atomic E-state index is 0.535. The molecule has 4 nitrogen and oxygen atoms in total. The molecule has 1 aliphatic rings. The molecule has 0 radical (unpaired) electrons. The second-order valence-electron chi connectivity index (χ2n) is 5.69. The fourth-order valence-electron chi connectivity index (χ4n) is 3.04. The first-order valence-corrected chi connectivity index (χ1v) is 7.78. The van der Waals surface area contributed by atoms with Crippen molar-refractivity contribution in [1.29, 1.82) is 0 Å². The molecule has 2 N–H and O–H groups in total. The van der Waals surface area contributed by atoms with Gasteiger partial charge in [0.05, 0.1) is 12.3 Å². The first-order chi connectivity index (χ1) is 9.64. The van der Waals surface area contributed by atoms with Crippen LogP contribution in [0.1, 0.15) is 46.5 Å². The van der Waals surface area contributed by atoms with Gasteiger partial charge in [0.25, 0.3) is 0 Å². The van der Waals surface area contributed by atoms with Crippen molar-refractivity contribution in [3.63, 3.8) is 0 Å². The number of nitrogens with two attached hydrogens (primary N) is 1. The van der Waals surface area contributed by atoms with Gasteiger partial charge in [-0.3, -0.25) is 0 Å². The Morgan fingerprint density at radius 2 is 1.85 bits per heavy atom. The first kappa shape index (κ1) is 14.9. The van der Waals surface area contributed by atoms with Crippen LogP contribution in [0.3, 0.4) is 0 Å². The number of piperidine rings is 1. The molecule has 0 aromatic carbocycles. The Bertz CT molecular complexity index is 433. The van der Waals surface area contributed by atoms with Gasteiger partial charge in [-0.25, -0.2) is 0 Å². The minimum absolute atomic E-state index is 0.535. The van der Waals surface area contributed by atoms with Crippen LogP contribution in [0.15, 0.2) is 12.1 Å². The summed E-state index contributed by atoms with van der Waals surface area (Å²) in [6.45, 7) is 9.32. The molecule has 112 valence electrons. The van der Waals surface area contributed by atoms with Crippen LogP contribution < -0.4 is 15.4 Å². The number of nitrogens with zero attached hydrogens (tertiary/aromatic N) is 2. The second-order valence-corrected chi connectivity index (χ2v) is 5.69. The molecule has 0 unspecified atom stereocenters. The predicted molar refractivity (Wildman–Crippen MR) is 84.3 cm³/mol. The number of hydrogen-bond acceptors (Lipinski definition) is 4. The first-order valence-electron chi connectivity index (χ1n) is 7.78. The molecule has 0 atom stereocenters. The molecule has 1 aliphatic heterocycles. The molecule has 1 aromatic rings. The van der Waals surface area contributed by atoms with Crippen LogP contribution in [0.25, 0.3) is 0 Å². The number of aromatic nitrogens is 1. The van der Waals surface area contributed by atoms with Crippen LogP contribution in [0.5, 0.6) is 5.88 Å². The largest absolute Gasteiger partial charge is 0.476 e. The second kappa shape index (κ2) is 6.33. The molecule has 1 aromatic heterocycles. The van der Waals surface area contributed by atoms with Gasteiger partial charge in [0.2, 0.25) is 5.88 Å². The number of ether oxygens (including phenoxy) is 1. The van der Waals surface area contributed by atoms with Crippen LogP contribution in [0.4, 0.5) is 11.5 Å². The predicted octanol–water partition coefficient (Wildman–Crippen LogP) is 3.47. The van der Waals surface area contributed by atoms with Crippen molar-refractivity contribution < 1.29 is 4.74 Å². The maximum absolute atomic E-state index is 5.89. The number of rotatable bonds is 5. The monoisotopic (exact) mass is 277 g/mol. The highest BCUT2D eigenvalue weighted by atomic mass is 16.5. The summed E-state index contributed by atoms with van der Waals surface area (Å²) in [5.74, 6) is 1.55. The van der Waals surface area contributed by atoms with E-state index in [1.54, 1.807) is 0 Å². The third kappa shape index (κ3) is 3.00. The van der Waals surface area contributed by atoms with Crippen molar-refractivity contribution in [2.24, 2.45) is 5.41 Å². The maximum Gasteiger partial charge on any atom is 0.239 e. The Labute approximate surface area is 122 Å². The molecule has 1 saturated heterocycles. The Kier molecular flexibility index (Phi) is 4.73. The third-order valence-corrected chi connectivity index (χ3v) is 4.80. The quantitative estimate of drug-likeness (QED) is 0.895. The van der Waals surface area contributed by atoms with Gasteiger partial charge < -0.3 is 15.4 Å². The molecule has 20 heavy (non-hydrogen) atoms. The van der Waals surface area contributed by atoms with Gasteiger partial charge in [-0.15, -0.1) is 0 Å². The van der Waals surface area contributed by atoms with Crippen molar-refractivity contribution in [1.82, 2.24) is 4.98 Å². The van der Waals surface area contributed by atoms with Gasteiger partial charge in [0, 0.05) is 13.1 Å². The van der Waals surface area contributed by atoms with Crippen molar-refractivity contribution >= 4 is 11.5 Å². The van der Waals surface area contributed by atoms with E-state index in [9.17, 15) is 0 Å². The molecule has 0 aliphatic carbocycles. The van der Waals surface area contributed by atoms with Crippen LogP contribution >= 0.6 is 0 Å². The fraction of sp³-hybridized carbons (Fsp3) is 0.688. The molecular weight excluding hydrogens is 250 g/mol. The highest BCUT2D eigenvalue weighted by Crippen LogP contribution is 2.39. The van der Waals surface area contributed by atoms with E-state index in [2.05, 4.69) is 23.7 Å². The van der Waals surface area contributed by atoms with E-state index in [0.29, 0.717) is 23.6 Å². The summed E-state index contributed by atoms with van der Waals surface area (Å²) in [4.78, 5) is 6.92.